The number of aryl methyl sites for hydroxylation is 2. The summed E-state index contributed by atoms with van der Waals surface area (Å²) in [4.78, 5) is 20.9. The number of methoxy groups -OCH3 is 1. The molecule has 25 heavy (non-hydrogen) atoms. The highest BCUT2D eigenvalue weighted by Gasteiger charge is 2.10. The third-order valence-corrected chi connectivity index (χ3v) is 4.61. The van der Waals surface area contributed by atoms with Crippen molar-refractivity contribution in [2.45, 2.75) is 19.8 Å². The molecule has 1 N–H and O–H groups in total. The molecule has 3 rings (SSSR count). The van der Waals surface area contributed by atoms with Gasteiger partial charge in [-0.2, -0.15) is 0 Å². The molecule has 0 saturated carbocycles. The topological polar surface area (TPSA) is 64.1 Å². The minimum atomic E-state index is -0.0537. The number of anilines is 1. The fourth-order valence-electron chi connectivity index (χ4n) is 2.43. The van der Waals surface area contributed by atoms with Crippen molar-refractivity contribution >= 4 is 22.9 Å². The molecule has 0 fully saturated rings. The summed E-state index contributed by atoms with van der Waals surface area (Å²) in [6.07, 6.45) is 4.50. The number of pyridine rings is 1. The Morgan fingerprint density at radius 3 is 2.96 bits per heavy atom. The van der Waals surface area contributed by atoms with Crippen LogP contribution in [0.5, 0.6) is 5.75 Å². The van der Waals surface area contributed by atoms with E-state index in [1.54, 1.807) is 30.8 Å². The Morgan fingerprint density at radius 2 is 2.20 bits per heavy atom. The molecule has 128 valence electrons. The van der Waals surface area contributed by atoms with Crippen molar-refractivity contribution in [3.05, 3.63) is 58.7 Å². The second-order valence-electron chi connectivity index (χ2n) is 5.62. The van der Waals surface area contributed by atoms with Crippen LogP contribution >= 0.6 is 11.3 Å². The number of nitrogens with one attached hydrogen (secondary N) is 1. The fraction of sp³-hybridized carbons (Fsp3) is 0.211. The largest absolute Gasteiger partial charge is 0.495 e. The molecule has 2 heterocycles. The molecule has 0 aliphatic heterocycles. The molecule has 0 aliphatic carbocycles. The van der Waals surface area contributed by atoms with Crippen LogP contribution in [0.25, 0.3) is 11.3 Å². The number of rotatable bonds is 6. The predicted octanol–water partition coefficient (Wildman–Crippen LogP) is 4.09. The third-order valence-electron chi connectivity index (χ3n) is 3.70. The molecule has 3 aromatic rings. The van der Waals surface area contributed by atoms with Gasteiger partial charge in [0.2, 0.25) is 5.91 Å². The molecule has 0 radical (unpaired) electrons. The Morgan fingerprint density at radius 1 is 1.32 bits per heavy atom. The Bertz CT molecular complexity index is 862. The van der Waals surface area contributed by atoms with Gasteiger partial charge >= 0.3 is 0 Å². The van der Waals surface area contributed by atoms with Gasteiger partial charge in [0.25, 0.3) is 0 Å². The van der Waals surface area contributed by atoms with Crippen LogP contribution in [-0.4, -0.2) is 23.0 Å². The van der Waals surface area contributed by atoms with E-state index in [1.807, 2.05) is 42.6 Å². The lowest BCUT2D eigenvalue weighted by Crippen LogP contribution is -2.13. The van der Waals surface area contributed by atoms with Crippen molar-refractivity contribution in [2.24, 2.45) is 0 Å². The molecular formula is C19H19N3O2S. The molecule has 0 aliphatic rings. The lowest BCUT2D eigenvalue weighted by molar-refractivity contribution is -0.116. The van der Waals surface area contributed by atoms with Crippen LogP contribution in [0.1, 0.15) is 17.0 Å². The number of ether oxygens (including phenoxy) is 1. The van der Waals surface area contributed by atoms with Crippen molar-refractivity contribution < 1.29 is 9.53 Å². The maximum atomic E-state index is 12.2. The summed E-state index contributed by atoms with van der Waals surface area (Å²) < 4.78 is 5.29. The number of carbonyl (C=O) groups is 1. The summed E-state index contributed by atoms with van der Waals surface area (Å²) in [6, 6.07) is 9.57. The molecule has 0 unspecified atom stereocenters. The van der Waals surface area contributed by atoms with Gasteiger partial charge in [-0.3, -0.25) is 9.78 Å². The first kappa shape index (κ1) is 17.1. The van der Waals surface area contributed by atoms with Crippen LogP contribution in [0, 0.1) is 6.92 Å². The summed E-state index contributed by atoms with van der Waals surface area (Å²) in [5.41, 5.74) is 3.65. The highest BCUT2D eigenvalue weighted by molar-refractivity contribution is 7.09. The van der Waals surface area contributed by atoms with Crippen LogP contribution in [0.3, 0.4) is 0 Å². The zero-order valence-corrected chi connectivity index (χ0v) is 15.0. The highest BCUT2D eigenvalue weighted by Crippen LogP contribution is 2.26. The van der Waals surface area contributed by atoms with Gasteiger partial charge in [-0.15, -0.1) is 11.3 Å². The van der Waals surface area contributed by atoms with Crippen LogP contribution in [-0.2, 0) is 11.2 Å². The van der Waals surface area contributed by atoms with Gasteiger partial charge in [0.1, 0.15) is 5.75 Å². The SMILES string of the molecule is COc1ccc(C)cc1NC(=O)CCc1nc(-c2cccnc2)cs1. The molecule has 6 heteroatoms. The Balaban J connectivity index is 1.60. The van der Waals surface area contributed by atoms with E-state index in [-0.39, 0.29) is 5.91 Å². The number of hydrogen-bond donors (Lipinski definition) is 1. The van der Waals surface area contributed by atoms with Gasteiger partial charge in [0.05, 0.1) is 23.5 Å². The van der Waals surface area contributed by atoms with E-state index in [4.69, 9.17) is 4.74 Å². The first-order valence-corrected chi connectivity index (χ1v) is 8.83. The average Bonchev–Trinajstić information content (AvgIpc) is 3.10. The zero-order chi connectivity index (χ0) is 17.6. The number of nitrogens with zero attached hydrogens (tertiary/aromatic N) is 2. The molecule has 2 aromatic heterocycles. The predicted molar refractivity (Wildman–Crippen MR) is 100 cm³/mol. The summed E-state index contributed by atoms with van der Waals surface area (Å²) in [6.45, 7) is 1.98. The molecule has 0 saturated heterocycles. The smallest absolute Gasteiger partial charge is 0.224 e. The summed E-state index contributed by atoms with van der Waals surface area (Å²) in [5.74, 6) is 0.606. The summed E-state index contributed by atoms with van der Waals surface area (Å²) in [5, 5.41) is 5.84. The number of aromatic nitrogens is 2. The molecule has 1 aromatic carbocycles. The van der Waals surface area contributed by atoms with Crippen LogP contribution in [0.2, 0.25) is 0 Å². The van der Waals surface area contributed by atoms with E-state index >= 15 is 0 Å². The monoisotopic (exact) mass is 353 g/mol. The van der Waals surface area contributed by atoms with Gasteiger partial charge in [-0.1, -0.05) is 6.07 Å². The van der Waals surface area contributed by atoms with E-state index < -0.39 is 0 Å². The van der Waals surface area contributed by atoms with E-state index in [1.165, 1.54) is 0 Å². The maximum Gasteiger partial charge on any atom is 0.224 e. The number of hydrogen-bond acceptors (Lipinski definition) is 5. The Kier molecular flexibility index (Phi) is 5.40. The first-order chi connectivity index (χ1) is 12.2. The van der Waals surface area contributed by atoms with E-state index in [0.29, 0.717) is 24.3 Å². The maximum absolute atomic E-state index is 12.2. The van der Waals surface area contributed by atoms with Gasteiger partial charge in [0.15, 0.2) is 0 Å². The van der Waals surface area contributed by atoms with E-state index in [2.05, 4.69) is 15.3 Å². The lowest BCUT2D eigenvalue weighted by Gasteiger charge is -2.10. The van der Waals surface area contributed by atoms with Crippen molar-refractivity contribution in [1.29, 1.82) is 0 Å². The number of benzene rings is 1. The molecule has 0 spiro atoms. The number of carbonyl (C=O) groups excluding carboxylic acids is 1. The standard InChI is InChI=1S/C19H19N3O2S/c1-13-5-6-17(24-2)15(10-13)21-18(23)7-8-19-22-16(12-25-19)14-4-3-9-20-11-14/h3-6,9-12H,7-8H2,1-2H3,(H,21,23). The van der Waals surface area contributed by atoms with Crippen LogP contribution < -0.4 is 10.1 Å². The van der Waals surface area contributed by atoms with Crippen molar-refractivity contribution in [1.82, 2.24) is 9.97 Å². The van der Waals surface area contributed by atoms with Gasteiger partial charge in [0, 0.05) is 36.2 Å². The number of amides is 1. The van der Waals surface area contributed by atoms with E-state index in [9.17, 15) is 4.79 Å². The van der Waals surface area contributed by atoms with Crippen molar-refractivity contribution in [2.75, 3.05) is 12.4 Å². The Labute approximate surface area is 150 Å². The molecule has 1 amide bonds. The van der Waals surface area contributed by atoms with Crippen LogP contribution in [0.4, 0.5) is 5.69 Å². The fourth-order valence-corrected chi connectivity index (χ4v) is 3.23. The molecule has 0 atom stereocenters. The molecular weight excluding hydrogens is 334 g/mol. The van der Waals surface area contributed by atoms with Crippen molar-refractivity contribution in [3.8, 4) is 17.0 Å². The minimum absolute atomic E-state index is 0.0537. The van der Waals surface area contributed by atoms with Crippen LogP contribution in [0.15, 0.2) is 48.1 Å². The van der Waals surface area contributed by atoms with Gasteiger partial charge in [-0.05, 0) is 36.8 Å². The van der Waals surface area contributed by atoms with Gasteiger partial charge < -0.3 is 10.1 Å². The molecule has 0 bridgehead atoms. The van der Waals surface area contributed by atoms with Gasteiger partial charge in [-0.25, -0.2) is 4.98 Å². The first-order valence-electron chi connectivity index (χ1n) is 7.95. The quantitative estimate of drug-likeness (QED) is 0.725. The Hall–Kier alpha value is -2.73. The average molecular weight is 353 g/mol. The van der Waals surface area contributed by atoms with Crippen molar-refractivity contribution in [3.63, 3.8) is 0 Å². The summed E-state index contributed by atoms with van der Waals surface area (Å²) >= 11 is 1.56. The highest BCUT2D eigenvalue weighted by atomic mass is 32.1. The second-order valence-corrected chi connectivity index (χ2v) is 6.56. The third kappa shape index (κ3) is 4.42. The normalized spacial score (nSPS) is 10.5. The lowest BCUT2D eigenvalue weighted by atomic mass is 10.2. The number of thiazole rings is 1. The minimum Gasteiger partial charge on any atom is -0.495 e. The summed E-state index contributed by atoms with van der Waals surface area (Å²) in [7, 11) is 1.59. The molecule has 5 nitrogen and oxygen atoms in total. The van der Waals surface area contributed by atoms with E-state index in [0.717, 1.165) is 21.8 Å². The second kappa shape index (κ2) is 7.90. The zero-order valence-electron chi connectivity index (χ0n) is 14.2.